The van der Waals surface area contributed by atoms with E-state index in [1.165, 1.54) is 26.4 Å². The summed E-state index contributed by atoms with van der Waals surface area (Å²) in [5.74, 6) is 0.211. The molecule has 0 aliphatic rings. The fourth-order valence-electron chi connectivity index (χ4n) is 3.08. The molecule has 0 fully saturated rings. The van der Waals surface area contributed by atoms with Crippen molar-refractivity contribution in [2.75, 3.05) is 14.2 Å². The smallest absolute Gasteiger partial charge is 0.268 e. The fraction of sp³-hybridized carbons (Fsp3) is 0.381. The minimum Gasteiger partial charge on any atom is -0.504 e. The molecule has 0 aromatic heterocycles. The molecule has 0 aliphatic carbocycles. The molecule has 2 aromatic carbocycles. The van der Waals surface area contributed by atoms with Crippen LogP contribution in [0.15, 0.2) is 36.4 Å². The van der Waals surface area contributed by atoms with Gasteiger partial charge in [0.05, 0.1) is 19.5 Å². The molecule has 30 heavy (non-hydrogen) atoms. The number of ether oxygens (including phenoxy) is 2. The van der Waals surface area contributed by atoms with Crippen LogP contribution in [0.2, 0.25) is 0 Å². The minimum atomic E-state index is -4.41. The van der Waals surface area contributed by atoms with Crippen molar-refractivity contribution in [3.05, 3.63) is 47.5 Å². The molecule has 0 aliphatic heterocycles. The minimum absolute atomic E-state index is 0.00937. The average molecular weight is 438 g/mol. The van der Waals surface area contributed by atoms with Crippen LogP contribution in [-0.4, -0.2) is 48.4 Å². The number of benzene rings is 2. The van der Waals surface area contributed by atoms with Crippen LogP contribution in [0.1, 0.15) is 30.4 Å². The molecule has 0 saturated carbocycles. The van der Waals surface area contributed by atoms with Crippen LogP contribution in [0.4, 0.5) is 0 Å². The number of aromatic hydroxyl groups is 2. The van der Waals surface area contributed by atoms with Crippen LogP contribution in [0.25, 0.3) is 0 Å². The van der Waals surface area contributed by atoms with Crippen molar-refractivity contribution in [2.45, 2.75) is 37.4 Å². The Bertz CT molecular complexity index is 984. The van der Waals surface area contributed by atoms with Crippen LogP contribution < -0.4 is 9.47 Å². The second-order valence-electron chi connectivity index (χ2n) is 6.93. The second-order valence-corrected chi connectivity index (χ2v) is 8.63. The van der Waals surface area contributed by atoms with E-state index in [-0.39, 0.29) is 48.7 Å². The summed E-state index contributed by atoms with van der Waals surface area (Å²) in [5.41, 5.74) is 1.47. The van der Waals surface area contributed by atoms with E-state index in [2.05, 4.69) is 0 Å². The Morgan fingerprint density at radius 3 is 1.90 bits per heavy atom. The molecular formula is C21H26O8S. The van der Waals surface area contributed by atoms with E-state index in [0.29, 0.717) is 17.7 Å². The highest BCUT2D eigenvalue weighted by Crippen LogP contribution is 2.28. The zero-order valence-electron chi connectivity index (χ0n) is 16.9. The maximum atomic E-state index is 12.3. The third-order valence-electron chi connectivity index (χ3n) is 4.81. The average Bonchev–Trinajstić information content (AvgIpc) is 2.70. The van der Waals surface area contributed by atoms with Gasteiger partial charge in [0.25, 0.3) is 10.1 Å². The number of hydrogen-bond donors (Lipinski definition) is 3. The van der Waals surface area contributed by atoms with Crippen molar-refractivity contribution in [3.8, 4) is 23.0 Å². The Morgan fingerprint density at radius 1 is 0.933 bits per heavy atom. The summed E-state index contributed by atoms with van der Waals surface area (Å²) in [7, 11) is -1.58. The molecule has 2 rings (SSSR count). The van der Waals surface area contributed by atoms with E-state index >= 15 is 0 Å². The second kappa shape index (κ2) is 10.3. The lowest BCUT2D eigenvalue weighted by Gasteiger charge is -2.14. The van der Waals surface area contributed by atoms with Crippen LogP contribution in [0.5, 0.6) is 23.0 Å². The van der Waals surface area contributed by atoms with Gasteiger partial charge < -0.3 is 19.7 Å². The van der Waals surface area contributed by atoms with Gasteiger partial charge in [-0.25, -0.2) is 0 Å². The highest BCUT2D eigenvalue weighted by Gasteiger charge is 2.26. The lowest BCUT2D eigenvalue weighted by atomic mass is 10.0. The van der Waals surface area contributed by atoms with Gasteiger partial charge in [0.2, 0.25) is 0 Å². The molecular weight excluding hydrogens is 412 g/mol. The number of rotatable bonds is 11. The molecule has 1 atom stereocenters. The standard InChI is InChI=1S/C21H26O8S/c1-28-20-11-14(5-9-18(20)23)3-7-16(22)13-17(30(25,26)27)8-4-15-6-10-19(24)21(12-15)29-2/h5-6,9-12,17,23-24H,3-4,7-8,13H2,1-2H3,(H,25,26,27)/t17-/m0/s1. The highest BCUT2D eigenvalue weighted by molar-refractivity contribution is 7.86. The molecule has 3 N–H and O–H groups in total. The van der Waals surface area contributed by atoms with Crippen LogP contribution in [0.3, 0.4) is 0 Å². The zero-order valence-corrected chi connectivity index (χ0v) is 17.7. The summed E-state index contributed by atoms with van der Waals surface area (Å²) in [5, 5.41) is 18.0. The SMILES string of the molecule is COc1cc(CCC(=O)C[C@H](CCc2ccc(O)c(OC)c2)S(=O)(=O)O)ccc1O. The van der Waals surface area contributed by atoms with Gasteiger partial charge in [-0.3, -0.25) is 9.35 Å². The molecule has 0 unspecified atom stereocenters. The molecule has 8 nitrogen and oxygen atoms in total. The molecule has 0 amide bonds. The zero-order chi connectivity index (χ0) is 22.3. The Hall–Kier alpha value is -2.78. The number of methoxy groups -OCH3 is 2. The third-order valence-corrected chi connectivity index (χ3v) is 6.06. The Labute approximate surface area is 175 Å². The first-order valence-corrected chi connectivity index (χ1v) is 10.8. The maximum absolute atomic E-state index is 12.3. The highest BCUT2D eigenvalue weighted by atomic mass is 32.2. The summed E-state index contributed by atoms with van der Waals surface area (Å²) in [6.07, 6.45) is 0.466. The third kappa shape index (κ3) is 6.64. The molecule has 0 bridgehead atoms. The lowest BCUT2D eigenvalue weighted by Crippen LogP contribution is -2.25. The van der Waals surface area contributed by atoms with E-state index in [0.717, 1.165) is 5.56 Å². The Morgan fingerprint density at radius 2 is 1.43 bits per heavy atom. The van der Waals surface area contributed by atoms with E-state index in [1.807, 2.05) is 0 Å². The Kier molecular flexibility index (Phi) is 8.08. The first kappa shape index (κ1) is 23.5. The van der Waals surface area contributed by atoms with Gasteiger partial charge in [0.1, 0.15) is 5.78 Å². The van der Waals surface area contributed by atoms with Crippen molar-refractivity contribution in [1.82, 2.24) is 0 Å². The monoisotopic (exact) mass is 438 g/mol. The predicted octanol–water partition coefficient (Wildman–Crippen LogP) is 2.90. The largest absolute Gasteiger partial charge is 0.504 e. The number of aryl methyl sites for hydroxylation is 2. The quantitative estimate of drug-likeness (QED) is 0.457. The lowest BCUT2D eigenvalue weighted by molar-refractivity contribution is -0.119. The molecule has 0 saturated heterocycles. The Balaban J connectivity index is 1.98. The van der Waals surface area contributed by atoms with Crippen molar-refractivity contribution in [2.24, 2.45) is 0 Å². The van der Waals surface area contributed by atoms with E-state index in [9.17, 15) is 28.0 Å². The van der Waals surface area contributed by atoms with Gasteiger partial charge in [-0.1, -0.05) is 12.1 Å². The summed E-state index contributed by atoms with van der Waals surface area (Å²) < 4.78 is 43.1. The molecule has 164 valence electrons. The number of phenols is 2. The molecule has 9 heteroatoms. The van der Waals surface area contributed by atoms with Gasteiger partial charge in [-0.05, 0) is 54.7 Å². The number of carbonyl (C=O) groups is 1. The van der Waals surface area contributed by atoms with E-state index < -0.39 is 15.4 Å². The number of Topliss-reactive ketones (excluding diaryl/α,β-unsaturated/α-hetero) is 1. The molecule has 0 radical (unpaired) electrons. The maximum Gasteiger partial charge on any atom is 0.268 e. The van der Waals surface area contributed by atoms with Crippen LogP contribution in [0, 0.1) is 0 Å². The van der Waals surface area contributed by atoms with Crippen molar-refractivity contribution in [3.63, 3.8) is 0 Å². The van der Waals surface area contributed by atoms with Crippen molar-refractivity contribution >= 4 is 15.9 Å². The normalized spacial score (nSPS) is 12.4. The van der Waals surface area contributed by atoms with Gasteiger partial charge in [0, 0.05) is 12.8 Å². The fourth-order valence-corrected chi connectivity index (χ4v) is 3.89. The number of hydrogen-bond acceptors (Lipinski definition) is 7. The number of phenolic OH excluding ortho intramolecular Hbond substituents is 2. The molecule has 0 spiro atoms. The first-order valence-electron chi connectivity index (χ1n) is 9.33. The summed E-state index contributed by atoms with van der Waals surface area (Å²) in [6.45, 7) is 0. The first-order chi connectivity index (χ1) is 14.1. The number of ketones is 1. The topological polar surface area (TPSA) is 130 Å². The summed E-state index contributed by atoms with van der Waals surface area (Å²) >= 11 is 0. The van der Waals surface area contributed by atoms with Gasteiger partial charge >= 0.3 is 0 Å². The van der Waals surface area contributed by atoms with Crippen LogP contribution >= 0.6 is 0 Å². The van der Waals surface area contributed by atoms with E-state index in [4.69, 9.17) is 9.47 Å². The molecule has 0 heterocycles. The van der Waals surface area contributed by atoms with Gasteiger partial charge in [-0.2, -0.15) is 8.42 Å². The van der Waals surface area contributed by atoms with Crippen LogP contribution in [-0.2, 0) is 27.8 Å². The number of carbonyl (C=O) groups excluding carboxylic acids is 1. The summed E-state index contributed by atoms with van der Waals surface area (Å²) in [6, 6.07) is 9.37. The summed E-state index contributed by atoms with van der Waals surface area (Å²) in [4.78, 5) is 12.3. The van der Waals surface area contributed by atoms with Crippen molar-refractivity contribution in [1.29, 1.82) is 0 Å². The predicted molar refractivity (Wildman–Crippen MR) is 111 cm³/mol. The van der Waals surface area contributed by atoms with E-state index in [1.54, 1.807) is 24.3 Å². The van der Waals surface area contributed by atoms with Crippen molar-refractivity contribution < 1.29 is 37.5 Å². The van der Waals surface area contributed by atoms with Gasteiger partial charge in [0.15, 0.2) is 23.0 Å². The molecule has 2 aromatic rings. The van der Waals surface area contributed by atoms with Gasteiger partial charge in [-0.15, -0.1) is 0 Å².